The van der Waals surface area contributed by atoms with Crippen LogP contribution < -0.4 is 9.47 Å². The Labute approximate surface area is 129 Å². The van der Waals surface area contributed by atoms with Crippen LogP contribution in [-0.4, -0.2) is 37.6 Å². The molecule has 0 saturated carbocycles. The van der Waals surface area contributed by atoms with Gasteiger partial charge in [-0.1, -0.05) is 6.07 Å². The van der Waals surface area contributed by atoms with E-state index in [2.05, 4.69) is 0 Å². The molecule has 6 nitrogen and oxygen atoms in total. The Morgan fingerprint density at radius 3 is 2.50 bits per heavy atom. The van der Waals surface area contributed by atoms with Crippen molar-refractivity contribution in [1.82, 2.24) is 4.90 Å². The predicted octanol–water partition coefficient (Wildman–Crippen LogP) is 1.98. The summed E-state index contributed by atoms with van der Waals surface area (Å²) in [5, 5.41) is 17.3. The molecule has 0 aliphatic rings. The molecule has 1 amide bonds. The maximum Gasteiger partial charge on any atom is 0.248 e. The van der Waals surface area contributed by atoms with Gasteiger partial charge in [-0.2, -0.15) is 10.5 Å². The smallest absolute Gasteiger partial charge is 0.248 e. The van der Waals surface area contributed by atoms with E-state index >= 15 is 0 Å². The Balaban J connectivity index is 2.87. The number of carbonyl (C=O) groups excluding carboxylic acids is 1. The highest BCUT2D eigenvalue weighted by Gasteiger charge is 2.09. The number of hydrogen-bond donors (Lipinski definition) is 0. The molecule has 0 aliphatic carbocycles. The second-order valence-electron chi connectivity index (χ2n) is 4.19. The maximum absolute atomic E-state index is 11.9. The molecule has 0 radical (unpaired) electrons. The Morgan fingerprint density at radius 1 is 1.27 bits per heavy atom. The quantitative estimate of drug-likeness (QED) is 0.567. The van der Waals surface area contributed by atoms with Gasteiger partial charge >= 0.3 is 0 Å². The fourth-order valence-electron chi connectivity index (χ4n) is 1.72. The minimum absolute atomic E-state index is 0.122. The lowest BCUT2D eigenvalue weighted by Gasteiger charge is -2.13. The Kier molecular flexibility index (Phi) is 7.01. The van der Waals surface area contributed by atoms with Gasteiger partial charge in [-0.15, -0.1) is 0 Å². The number of benzene rings is 1. The maximum atomic E-state index is 11.9. The number of methoxy groups -OCH3 is 1. The molecule has 0 fully saturated rings. The van der Waals surface area contributed by atoms with Gasteiger partial charge in [0.2, 0.25) is 5.91 Å². The van der Waals surface area contributed by atoms with Gasteiger partial charge in [-0.25, -0.2) is 0 Å². The monoisotopic (exact) mass is 299 g/mol. The van der Waals surface area contributed by atoms with Gasteiger partial charge in [-0.3, -0.25) is 4.79 Å². The van der Waals surface area contributed by atoms with Crippen LogP contribution in [0.3, 0.4) is 0 Å². The number of nitriles is 2. The average Bonchev–Trinajstić information content (AvgIpc) is 2.53. The van der Waals surface area contributed by atoms with E-state index in [1.807, 2.05) is 19.1 Å². The van der Waals surface area contributed by atoms with Gasteiger partial charge in [0.15, 0.2) is 11.5 Å². The van der Waals surface area contributed by atoms with Crippen LogP contribution >= 0.6 is 0 Å². The molecule has 1 aromatic rings. The van der Waals surface area contributed by atoms with Gasteiger partial charge in [0.05, 0.1) is 25.9 Å². The number of carbonyl (C=O) groups is 1. The van der Waals surface area contributed by atoms with Gasteiger partial charge in [0.25, 0.3) is 0 Å². The molecule has 0 bridgehead atoms. The van der Waals surface area contributed by atoms with Gasteiger partial charge in [-0.05, 0) is 30.7 Å². The van der Waals surface area contributed by atoms with Crippen LogP contribution in [-0.2, 0) is 4.79 Å². The average molecular weight is 299 g/mol. The number of nitrogens with zero attached hydrogens (tertiary/aromatic N) is 3. The highest BCUT2D eigenvalue weighted by atomic mass is 16.5. The molecule has 0 aromatic heterocycles. The van der Waals surface area contributed by atoms with Gasteiger partial charge in [0.1, 0.15) is 13.1 Å². The first-order valence-corrected chi connectivity index (χ1v) is 6.68. The van der Waals surface area contributed by atoms with Crippen LogP contribution in [0.25, 0.3) is 6.08 Å². The van der Waals surface area contributed by atoms with Crippen molar-refractivity contribution in [2.75, 3.05) is 26.8 Å². The Bertz CT molecular complexity index is 611. The first-order valence-electron chi connectivity index (χ1n) is 6.68. The molecular formula is C16H17N3O3. The topological polar surface area (TPSA) is 86.4 Å². The zero-order valence-corrected chi connectivity index (χ0v) is 12.6. The van der Waals surface area contributed by atoms with E-state index in [1.165, 1.54) is 13.2 Å². The zero-order chi connectivity index (χ0) is 16.4. The second-order valence-corrected chi connectivity index (χ2v) is 4.19. The first kappa shape index (κ1) is 17.1. The Morgan fingerprint density at radius 2 is 1.95 bits per heavy atom. The van der Waals surface area contributed by atoms with Crippen LogP contribution in [0.4, 0.5) is 0 Å². The molecule has 22 heavy (non-hydrogen) atoms. The summed E-state index contributed by atoms with van der Waals surface area (Å²) in [7, 11) is 1.54. The summed E-state index contributed by atoms with van der Waals surface area (Å²) in [6, 6.07) is 9.00. The van der Waals surface area contributed by atoms with E-state index in [0.717, 1.165) is 10.5 Å². The molecule has 1 aromatic carbocycles. The van der Waals surface area contributed by atoms with Crippen LogP contribution in [0, 0.1) is 22.7 Å². The fraction of sp³-hybridized carbons (Fsp3) is 0.312. The summed E-state index contributed by atoms with van der Waals surface area (Å²) < 4.78 is 10.6. The Hall–Kier alpha value is -2.99. The summed E-state index contributed by atoms with van der Waals surface area (Å²) in [4.78, 5) is 13.1. The van der Waals surface area contributed by atoms with Gasteiger partial charge in [0, 0.05) is 6.08 Å². The minimum Gasteiger partial charge on any atom is -0.493 e. The highest BCUT2D eigenvalue weighted by molar-refractivity contribution is 5.92. The van der Waals surface area contributed by atoms with Gasteiger partial charge < -0.3 is 14.4 Å². The molecule has 0 heterocycles. The fourth-order valence-corrected chi connectivity index (χ4v) is 1.72. The number of ether oxygens (including phenoxy) is 2. The standard InChI is InChI=1S/C16H17N3O3/c1-3-22-14-6-4-13(12-15(14)21-2)5-7-16(20)19(10-8-17)11-9-18/h4-7,12H,3,10-11H2,1-2H3. The van der Waals surface area contributed by atoms with E-state index < -0.39 is 5.91 Å². The molecule has 0 spiro atoms. The summed E-state index contributed by atoms with van der Waals surface area (Å²) in [6.07, 6.45) is 2.92. The van der Waals surface area contributed by atoms with E-state index in [-0.39, 0.29) is 13.1 Å². The van der Waals surface area contributed by atoms with Crippen molar-refractivity contribution in [3.05, 3.63) is 29.8 Å². The lowest BCUT2D eigenvalue weighted by Crippen LogP contribution is -2.30. The normalized spacial score (nSPS) is 9.82. The lowest BCUT2D eigenvalue weighted by atomic mass is 10.2. The molecule has 114 valence electrons. The van der Waals surface area contributed by atoms with Crippen molar-refractivity contribution in [1.29, 1.82) is 10.5 Å². The summed E-state index contributed by atoms with van der Waals surface area (Å²) in [6.45, 7) is 2.17. The van der Waals surface area contributed by atoms with E-state index in [0.29, 0.717) is 18.1 Å². The molecule has 0 atom stereocenters. The molecule has 0 N–H and O–H groups in total. The molecule has 0 aliphatic heterocycles. The van der Waals surface area contributed by atoms with E-state index in [4.69, 9.17) is 20.0 Å². The number of amides is 1. The molecule has 1 rings (SSSR count). The molecular weight excluding hydrogens is 282 g/mol. The SMILES string of the molecule is CCOc1ccc(C=CC(=O)N(CC#N)CC#N)cc1OC. The van der Waals surface area contributed by atoms with Crippen molar-refractivity contribution in [2.45, 2.75) is 6.92 Å². The van der Waals surface area contributed by atoms with Crippen molar-refractivity contribution >= 4 is 12.0 Å². The van der Waals surface area contributed by atoms with Crippen LogP contribution in [0.5, 0.6) is 11.5 Å². The predicted molar refractivity (Wildman–Crippen MR) is 81.0 cm³/mol. The largest absolute Gasteiger partial charge is 0.493 e. The zero-order valence-electron chi connectivity index (χ0n) is 12.6. The molecule has 6 heteroatoms. The second kappa shape index (κ2) is 9.04. The molecule has 0 unspecified atom stereocenters. The highest BCUT2D eigenvalue weighted by Crippen LogP contribution is 2.28. The third kappa shape index (κ3) is 4.84. The third-order valence-electron chi connectivity index (χ3n) is 2.74. The van der Waals surface area contributed by atoms with Crippen LogP contribution in [0.1, 0.15) is 12.5 Å². The number of hydrogen-bond acceptors (Lipinski definition) is 5. The van der Waals surface area contributed by atoms with Crippen molar-refractivity contribution in [3.63, 3.8) is 0 Å². The van der Waals surface area contributed by atoms with E-state index in [9.17, 15) is 4.79 Å². The van der Waals surface area contributed by atoms with E-state index in [1.54, 1.807) is 24.3 Å². The van der Waals surface area contributed by atoms with Crippen molar-refractivity contribution in [3.8, 4) is 23.6 Å². The number of rotatable bonds is 7. The minimum atomic E-state index is -0.393. The van der Waals surface area contributed by atoms with Crippen molar-refractivity contribution in [2.24, 2.45) is 0 Å². The lowest BCUT2D eigenvalue weighted by molar-refractivity contribution is -0.124. The van der Waals surface area contributed by atoms with Crippen LogP contribution in [0.2, 0.25) is 0 Å². The third-order valence-corrected chi connectivity index (χ3v) is 2.74. The van der Waals surface area contributed by atoms with Crippen LogP contribution in [0.15, 0.2) is 24.3 Å². The van der Waals surface area contributed by atoms with Crippen molar-refractivity contribution < 1.29 is 14.3 Å². The summed E-state index contributed by atoms with van der Waals surface area (Å²) >= 11 is 0. The first-order chi connectivity index (χ1) is 10.7. The summed E-state index contributed by atoms with van der Waals surface area (Å²) in [5.74, 6) is 0.808. The molecule has 0 saturated heterocycles. The summed E-state index contributed by atoms with van der Waals surface area (Å²) in [5.41, 5.74) is 0.752.